The number of fused-ring (bicyclic) bond motifs is 2. The molecule has 5 aliphatic heterocycles. The predicted octanol–water partition coefficient (Wildman–Crippen LogP) is 3.51. The van der Waals surface area contributed by atoms with Crippen LogP contribution >= 0.6 is 0 Å². The first-order valence-electron chi connectivity index (χ1n) is 13.1. The number of aliphatic hydroxyl groups excluding tert-OH is 1. The highest BCUT2D eigenvalue weighted by atomic mass is 16.8. The Kier molecular flexibility index (Phi) is 9.76. The minimum absolute atomic E-state index is 0.00264. The van der Waals surface area contributed by atoms with Crippen molar-refractivity contribution in [2.24, 2.45) is 0 Å². The molecule has 6 atom stereocenters. The highest BCUT2D eigenvalue weighted by molar-refractivity contribution is 5.13. The maximum atomic E-state index is 8.82. The van der Waals surface area contributed by atoms with E-state index in [0.717, 1.165) is 26.1 Å². The smallest absolute Gasteiger partial charge is 0.187 e. The van der Waals surface area contributed by atoms with Gasteiger partial charge in [-0.1, -0.05) is 30.3 Å². The predicted molar refractivity (Wildman–Crippen MR) is 130 cm³/mol. The fraction of sp³-hybridized carbons (Fsp3) is 0.778. The summed E-state index contributed by atoms with van der Waals surface area (Å²) in [7, 11) is 0. The van der Waals surface area contributed by atoms with Gasteiger partial charge in [0.05, 0.1) is 32.0 Å². The Hall–Kier alpha value is -1.14. The van der Waals surface area contributed by atoms with E-state index in [4.69, 9.17) is 43.0 Å². The number of hydrogen-bond donors (Lipinski definition) is 1. The van der Waals surface area contributed by atoms with Crippen LogP contribution in [-0.4, -0.2) is 80.1 Å². The highest BCUT2D eigenvalue weighted by Gasteiger charge is 2.49. The SMILES string of the molecule is C1CCOC1.CC1(C)O[C@H]2O[C@H](CO)C[C@H]2O1.CC1(C)O[C@H]2O[C@H](COCc3ccccc3)C[C@H]2O1. The molecular weight excluding hydrogens is 468 g/mol. The van der Waals surface area contributed by atoms with Gasteiger partial charge in [0, 0.05) is 26.1 Å². The summed E-state index contributed by atoms with van der Waals surface area (Å²) in [5.41, 5.74) is 1.18. The summed E-state index contributed by atoms with van der Waals surface area (Å²) in [5, 5.41) is 8.82. The Balaban J connectivity index is 0.000000151. The lowest BCUT2D eigenvalue weighted by Gasteiger charge is -2.20. The molecule has 5 saturated heterocycles. The molecule has 6 rings (SSSR count). The Bertz CT molecular complexity index is 743. The first-order chi connectivity index (χ1) is 17.2. The van der Waals surface area contributed by atoms with Crippen LogP contribution in [0.1, 0.15) is 58.9 Å². The van der Waals surface area contributed by atoms with Gasteiger partial charge in [-0.25, -0.2) is 0 Å². The van der Waals surface area contributed by atoms with Crippen molar-refractivity contribution in [2.45, 2.75) is 109 Å². The molecule has 9 heteroatoms. The molecule has 204 valence electrons. The third-order valence-corrected chi connectivity index (χ3v) is 6.37. The van der Waals surface area contributed by atoms with E-state index in [1.165, 1.54) is 18.4 Å². The molecule has 9 nitrogen and oxygen atoms in total. The van der Waals surface area contributed by atoms with E-state index in [1.807, 2.05) is 45.9 Å². The van der Waals surface area contributed by atoms with E-state index in [2.05, 4.69) is 12.1 Å². The maximum absolute atomic E-state index is 8.82. The average molecular weight is 511 g/mol. The second-order valence-electron chi connectivity index (χ2n) is 10.6. The van der Waals surface area contributed by atoms with E-state index in [9.17, 15) is 0 Å². The standard InChI is InChI=1S/C15H20O4.C8H14O4.C4H8O/c1-15(2)18-13-8-12(17-14(13)19-15)10-16-9-11-6-4-3-5-7-11;1-8(2)11-6-3-5(4-9)10-7(6)12-8;1-2-4-5-3-1/h3-7,12-14H,8-10H2,1-2H3;5-7,9H,3-4H2,1-2H3;1-4H2/t12-,13+,14+;5-,6+,7+;/m00./s1. The van der Waals surface area contributed by atoms with Crippen molar-refractivity contribution in [1.29, 1.82) is 0 Å². The van der Waals surface area contributed by atoms with Crippen LogP contribution in [0.4, 0.5) is 0 Å². The van der Waals surface area contributed by atoms with E-state index >= 15 is 0 Å². The molecule has 0 unspecified atom stereocenters. The molecule has 0 saturated carbocycles. The summed E-state index contributed by atoms with van der Waals surface area (Å²) in [6.45, 7) is 10.8. The number of ether oxygens (including phenoxy) is 8. The molecule has 0 aromatic heterocycles. The molecule has 0 bridgehead atoms. The van der Waals surface area contributed by atoms with Crippen LogP contribution in [0.3, 0.4) is 0 Å². The lowest BCUT2D eigenvalue weighted by atomic mass is 10.2. The number of benzene rings is 1. The van der Waals surface area contributed by atoms with Gasteiger partial charge in [0.2, 0.25) is 0 Å². The highest BCUT2D eigenvalue weighted by Crippen LogP contribution is 2.37. The van der Waals surface area contributed by atoms with Crippen LogP contribution in [0.25, 0.3) is 0 Å². The molecule has 1 N–H and O–H groups in total. The molecule has 0 aliphatic carbocycles. The molecule has 5 aliphatic rings. The Morgan fingerprint density at radius 3 is 1.86 bits per heavy atom. The largest absolute Gasteiger partial charge is 0.394 e. The molecule has 5 fully saturated rings. The molecule has 0 amide bonds. The van der Waals surface area contributed by atoms with Gasteiger partial charge in [-0.2, -0.15) is 0 Å². The summed E-state index contributed by atoms with van der Waals surface area (Å²) in [4.78, 5) is 0. The van der Waals surface area contributed by atoms with Crippen molar-refractivity contribution in [2.75, 3.05) is 26.4 Å². The number of hydrogen-bond acceptors (Lipinski definition) is 9. The fourth-order valence-electron chi connectivity index (χ4n) is 4.78. The van der Waals surface area contributed by atoms with Crippen LogP contribution in [0.5, 0.6) is 0 Å². The van der Waals surface area contributed by atoms with E-state index in [1.54, 1.807) is 0 Å². The lowest BCUT2D eigenvalue weighted by Crippen LogP contribution is -2.26. The van der Waals surface area contributed by atoms with Gasteiger partial charge < -0.3 is 43.0 Å². The Morgan fingerprint density at radius 2 is 1.36 bits per heavy atom. The maximum Gasteiger partial charge on any atom is 0.187 e. The van der Waals surface area contributed by atoms with Crippen molar-refractivity contribution in [3.63, 3.8) is 0 Å². The average Bonchev–Trinajstić information content (AvgIpc) is 3.62. The normalized spacial score (nSPS) is 35.4. The van der Waals surface area contributed by atoms with Gasteiger partial charge in [-0.15, -0.1) is 0 Å². The fourth-order valence-corrected chi connectivity index (χ4v) is 4.78. The number of aliphatic hydroxyl groups is 1. The van der Waals surface area contributed by atoms with E-state index in [-0.39, 0.29) is 43.6 Å². The third-order valence-electron chi connectivity index (χ3n) is 6.37. The zero-order chi connectivity index (χ0) is 25.6. The topological polar surface area (TPSA) is 94.1 Å². The Morgan fingerprint density at radius 1 is 0.806 bits per heavy atom. The van der Waals surface area contributed by atoms with Gasteiger partial charge >= 0.3 is 0 Å². The molecule has 0 radical (unpaired) electrons. The van der Waals surface area contributed by atoms with Crippen LogP contribution < -0.4 is 0 Å². The van der Waals surface area contributed by atoms with Crippen molar-refractivity contribution in [3.05, 3.63) is 35.9 Å². The second-order valence-corrected chi connectivity index (χ2v) is 10.6. The van der Waals surface area contributed by atoms with Gasteiger partial charge in [0.1, 0.15) is 12.2 Å². The van der Waals surface area contributed by atoms with Gasteiger partial charge in [0.25, 0.3) is 0 Å². The van der Waals surface area contributed by atoms with E-state index in [0.29, 0.717) is 13.2 Å². The quantitative estimate of drug-likeness (QED) is 0.639. The molecule has 1 aromatic carbocycles. The van der Waals surface area contributed by atoms with Gasteiger partial charge in [-0.05, 0) is 46.1 Å². The summed E-state index contributed by atoms with van der Waals surface area (Å²) in [6.07, 6.45) is 3.59. The lowest BCUT2D eigenvalue weighted by molar-refractivity contribution is -0.209. The van der Waals surface area contributed by atoms with Gasteiger partial charge in [0.15, 0.2) is 24.2 Å². The van der Waals surface area contributed by atoms with Crippen LogP contribution in [0, 0.1) is 0 Å². The van der Waals surface area contributed by atoms with Crippen molar-refractivity contribution in [1.82, 2.24) is 0 Å². The summed E-state index contributed by atoms with van der Waals surface area (Å²) < 4.78 is 44.2. The number of rotatable bonds is 5. The molecule has 1 aromatic rings. The molecule has 5 heterocycles. The van der Waals surface area contributed by atoms with Crippen LogP contribution in [0.2, 0.25) is 0 Å². The zero-order valence-corrected chi connectivity index (χ0v) is 21.9. The molecule has 0 spiro atoms. The summed E-state index contributed by atoms with van der Waals surface area (Å²) >= 11 is 0. The minimum Gasteiger partial charge on any atom is -0.394 e. The zero-order valence-electron chi connectivity index (χ0n) is 21.9. The summed E-state index contributed by atoms with van der Waals surface area (Å²) in [5.74, 6) is -1.05. The van der Waals surface area contributed by atoms with Crippen molar-refractivity contribution in [3.8, 4) is 0 Å². The molecular formula is C27H42O9. The molecule has 36 heavy (non-hydrogen) atoms. The third kappa shape index (κ3) is 8.18. The van der Waals surface area contributed by atoms with Crippen molar-refractivity contribution < 1.29 is 43.0 Å². The van der Waals surface area contributed by atoms with Gasteiger partial charge in [-0.3, -0.25) is 0 Å². The summed E-state index contributed by atoms with van der Waals surface area (Å²) in [6, 6.07) is 10.1. The van der Waals surface area contributed by atoms with Crippen molar-refractivity contribution >= 4 is 0 Å². The first-order valence-corrected chi connectivity index (χ1v) is 13.1. The van der Waals surface area contributed by atoms with E-state index < -0.39 is 11.6 Å². The second kappa shape index (κ2) is 12.6. The Labute approximate surface area is 214 Å². The first kappa shape index (κ1) is 27.9. The minimum atomic E-state index is -0.532. The van der Waals surface area contributed by atoms with Crippen LogP contribution in [0.15, 0.2) is 30.3 Å². The van der Waals surface area contributed by atoms with Crippen LogP contribution in [-0.2, 0) is 44.5 Å². The monoisotopic (exact) mass is 510 g/mol.